The molecule has 2 saturated heterocycles. The summed E-state index contributed by atoms with van der Waals surface area (Å²) in [7, 11) is 1.90. The van der Waals surface area contributed by atoms with E-state index in [-0.39, 0.29) is 30.0 Å². The zero-order chi connectivity index (χ0) is 27.9. The number of benzene rings is 1. The molecule has 1 amide bonds. The predicted molar refractivity (Wildman–Crippen MR) is 142 cm³/mol. The van der Waals surface area contributed by atoms with Crippen molar-refractivity contribution in [3.63, 3.8) is 0 Å². The lowest BCUT2D eigenvalue weighted by molar-refractivity contribution is -0.187. The normalized spacial score (nSPS) is 19.4. The van der Waals surface area contributed by atoms with Crippen LogP contribution in [0.2, 0.25) is 0 Å². The Labute approximate surface area is 228 Å². The third kappa shape index (κ3) is 5.20. The van der Waals surface area contributed by atoms with Gasteiger partial charge in [-0.05, 0) is 54.8 Å². The molecule has 1 unspecified atom stereocenters. The number of likely N-dealkylation sites (tertiary alicyclic amines) is 1. The Balaban J connectivity index is 1.21. The van der Waals surface area contributed by atoms with Crippen molar-refractivity contribution < 1.29 is 22.7 Å². The van der Waals surface area contributed by atoms with Gasteiger partial charge >= 0.3 is 6.18 Å². The number of hydrogen-bond acceptors (Lipinski definition) is 6. The predicted octanol–water partition coefficient (Wildman–Crippen LogP) is 4.23. The van der Waals surface area contributed by atoms with Crippen LogP contribution in [0, 0.1) is 5.92 Å². The number of nitrogens with zero attached hydrogens (tertiary/aromatic N) is 5. The Bertz CT molecular complexity index is 1530. The molecule has 0 aliphatic carbocycles. The molecular weight excluding hydrogens is 523 g/mol. The molecule has 12 heteroatoms. The summed E-state index contributed by atoms with van der Waals surface area (Å²) in [6.07, 6.45) is 0.460. The first-order valence-electron chi connectivity index (χ1n) is 13.3. The van der Waals surface area contributed by atoms with Gasteiger partial charge in [-0.15, -0.1) is 10.2 Å². The van der Waals surface area contributed by atoms with Crippen LogP contribution in [0.3, 0.4) is 0 Å². The van der Waals surface area contributed by atoms with Crippen LogP contribution in [-0.4, -0.2) is 68.0 Å². The van der Waals surface area contributed by atoms with Crippen molar-refractivity contribution in [1.82, 2.24) is 29.6 Å². The molecule has 6 rings (SSSR count). The lowest BCUT2D eigenvalue weighted by atomic mass is 9.75. The molecule has 5 heterocycles. The number of anilines is 1. The molecule has 0 saturated carbocycles. The molecule has 2 N–H and O–H groups in total. The second-order valence-corrected chi connectivity index (χ2v) is 10.9. The van der Waals surface area contributed by atoms with E-state index in [9.17, 15) is 18.0 Å². The molecule has 3 aromatic heterocycles. The third-order valence-corrected chi connectivity index (χ3v) is 7.98. The molecule has 1 aromatic carbocycles. The summed E-state index contributed by atoms with van der Waals surface area (Å²) in [5.41, 5.74) is 3.65. The Kier molecular flexibility index (Phi) is 6.83. The number of carbonyl (C=O) groups excluding carboxylic acids is 1. The number of nitrogens with one attached hydrogen (secondary N) is 2. The van der Waals surface area contributed by atoms with Crippen molar-refractivity contribution in [2.75, 3.05) is 31.6 Å². The number of pyridine rings is 1. The fourth-order valence-electron chi connectivity index (χ4n) is 5.67. The van der Waals surface area contributed by atoms with E-state index in [2.05, 4.69) is 25.5 Å². The second kappa shape index (κ2) is 10.3. The summed E-state index contributed by atoms with van der Waals surface area (Å²) in [6, 6.07) is 11.1. The maximum atomic E-state index is 13.4. The number of ether oxygens (including phenoxy) is 1. The molecule has 40 heavy (non-hydrogen) atoms. The lowest BCUT2D eigenvalue weighted by Gasteiger charge is -2.41. The summed E-state index contributed by atoms with van der Waals surface area (Å²) >= 11 is 0. The lowest BCUT2D eigenvalue weighted by Crippen LogP contribution is -2.49. The Morgan fingerprint density at radius 2 is 2.10 bits per heavy atom. The number of H-pyrrole nitrogens is 1. The quantitative estimate of drug-likeness (QED) is 0.355. The molecule has 2 aliphatic heterocycles. The maximum Gasteiger partial charge on any atom is 0.393 e. The van der Waals surface area contributed by atoms with Crippen molar-refractivity contribution in [2.24, 2.45) is 13.0 Å². The van der Waals surface area contributed by atoms with Crippen LogP contribution in [0.15, 0.2) is 48.9 Å². The number of fused-ring (bicyclic) bond motifs is 1. The number of hydrogen-bond donors (Lipinski definition) is 2. The summed E-state index contributed by atoms with van der Waals surface area (Å²) in [4.78, 5) is 22.8. The molecule has 9 nitrogen and oxygen atoms in total. The molecule has 2 fully saturated rings. The number of aromatic nitrogens is 5. The SMILES string of the molecule is Cn1cnnc1CC1(c2cccc(NC(=O)c3cc(CN4CCCC(C(F)(F)F)C4)c4[nH]ccc4n3)c2)COC1. The molecule has 4 aromatic rings. The zero-order valence-corrected chi connectivity index (χ0v) is 22.0. The van der Waals surface area contributed by atoms with Gasteiger partial charge in [-0.2, -0.15) is 13.2 Å². The highest BCUT2D eigenvalue weighted by atomic mass is 19.4. The molecular formula is C28H30F3N7O2. The van der Waals surface area contributed by atoms with E-state index in [0.717, 1.165) is 22.5 Å². The van der Waals surface area contributed by atoms with Crippen molar-refractivity contribution in [1.29, 1.82) is 0 Å². The fraction of sp³-hybridized carbons (Fsp3) is 0.429. The van der Waals surface area contributed by atoms with Gasteiger partial charge in [-0.1, -0.05) is 12.1 Å². The van der Waals surface area contributed by atoms with E-state index >= 15 is 0 Å². The molecule has 210 valence electrons. The van der Waals surface area contributed by atoms with Crippen LogP contribution < -0.4 is 5.32 Å². The number of amides is 1. The fourth-order valence-corrected chi connectivity index (χ4v) is 5.67. The van der Waals surface area contributed by atoms with Crippen molar-refractivity contribution in [2.45, 2.75) is 37.4 Å². The minimum Gasteiger partial charge on any atom is -0.379 e. The van der Waals surface area contributed by atoms with Crippen molar-refractivity contribution in [3.05, 3.63) is 71.6 Å². The van der Waals surface area contributed by atoms with E-state index in [1.54, 1.807) is 29.6 Å². The van der Waals surface area contributed by atoms with Crippen LogP contribution >= 0.6 is 0 Å². The molecule has 1 atom stereocenters. The average Bonchev–Trinajstić information content (AvgIpc) is 3.55. The molecule has 2 aliphatic rings. The summed E-state index contributed by atoms with van der Waals surface area (Å²) < 4.78 is 47.6. The first-order chi connectivity index (χ1) is 19.2. The minimum absolute atomic E-state index is 0.0534. The highest BCUT2D eigenvalue weighted by molar-refractivity contribution is 6.04. The van der Waals surface area contributed by atoms with Gasteiger partial charge in [0.15, 0.2) is 0 Å². The number of alkyl halides is 3. The minimum atomic E-state index is -4.21. The van der Waals surface area contributed by atoms with Gasteiger partial charge < -0.3 is 19.6 Å². The number of piperidine rings is 1. The maximum absolute atomic E-state index is 13.4. The first kappa shape index (κ1) is 26.5. The number of halogens is 3. The van der Waals surface area contributed by atoms with Crippen LogP contribution in [0.25, 0.3) is 11.0 Å². The second-order valence-electron chi connectivity index (χ2n) is 10.9. The smallest absolute Gasteiger partial charge is 0.379 e. The molecule has 0 radical (unpaired) electrons. The van der Waals surface area contributed by atoms with E-state index in [0.29, 0.717) is 50.3 Å². The number of aryl methyl sites for hydroxylation is 1. The van der Waals surface area contributed by atoms with E-state index in [1.807, 2.05) is 35.9 Å². The van der Waals surface area contributed by atoms with Gasteiger partial charge in [-0.25, -0.2) is 4.98 Å². The Morgan fingerprint density at radius 3 is 2.83 bits per heavy atom. The number of aromatic amines is 1. The van der Waals surface area contributed by atoms with E-state index in [1.165, 1.54) is 0 Å². The molecule has 0 spiro atoms. The summed E-state index contributed by atoms with van der Waals surface area (Å²) in [6.45, 7) is 1.90. The summed E-state index contributed by atoms with van der Waals surface area (Å²) in [5.74, 6) is -0.875. The monoisotopic (exact) mass is 553 g/mol. The van der Waals surface area contributed by atoms with Crippen LogP contribution in [-0.2, 0) is 30.2 Å². The van der Waals surface area contributed by atoms with Crippen molar-refractivity contribution >= 4 is 22.6 Å². The molecule has 0 bridgehead atoms. The zero-order valence-electron chi connectivity index (χ0n) is 22.0. The number of rotatable bonds is 7. The Morgan fingerprint density at radius 1 is 1.25 bits per heavy atom. The first-order valence-corrected chi connectivity index (χ1v) is 13.3. The van der Waals surface area contributed by atoms with Gasteiger partial charge in [-0.3, -0.25) is 9.69 Å². The van der Waals surface area contributed by atoms with E-state index in [4.69, 9.17) is 4.74 Å². The van der Waals surface area contributed by atoms with Gasteiger partial charge in [0.2, 0.25) is 0 Å². The Hall–Kier alpha value is -3.77. The standard InChI is InChI=1S/C28H30F3N7O2/c1-37-17-33-36-24(37)12-27(15-40-16-27)19-4-2-6-21(11-19)34-26(39)23-10-18(25-22(35-23)7-8-32-25)13-38-9-3-5-20(14-38)28(29,30)31/h2,4,6-8,10-11,17,20,32H,3,5,9,12-16H2,1H3,(H,34,39). The van der Waals surface area contributed by atoms with E-state index < -0.39 is 12.1 Å². The highest BCUT2D eigenvalue weighted by Crippen LogP contribution is 2.37. The van der Waals surface area contributed by atoms with Crippen molar-refractivity contribution in [3.8, 4) is 0 Å². The van der Waals surface area contributed by atoms with Gasteiger partial charge in [0.25, 0.3) is 5.91 Å². The van der Waals surface area contributed by atoms with Gasteiger partial charge in [0.05, 0.1) is 30.2 Å². The van der Waals surface area contributed by atoms with Gasteiger partial charge in [0.1, 0.15) is 17.8 Å². The third-order valence-electron chi connectivity index (χ3n) is 7.98. The average molecular weight is 554 g/mol. The largest absolute Gasteiger partial charge is 0.393 e. The van der Waals surface area contributed by atoms with Crippen LogP contribution in [0.4, 0.5) is 18.9 Å². The summed E-state index contributed by atoms with van der Waals surface area (Å²) in [5, 5.41) is 11.2. The number of carbonyl (C=O) groups is 1. The van der Waals surface area contributed by atoms with Crippen LogP contribution in [0.5, 0.6) is 0 Å². The van der Waals surface area contributed by atoms with Crippen LogP contribution in [0.1, 0.15) is 40.3 Å². The topological polar surface area (TPSA) is 101 Å². The van der Waals surface area contributed by atoms with Gasteiger partial charge in [0, 0.05) is 43.9 Å². The highest BCUT2D eigenvalue weighted by Gasteiger charge is 2.42.